The van der Waals surface area contributed by atoms with Crippen LogP contribution in [0.25, 0.3) is 5.76 Å². The van der Waals surface area contributed by atoms with E-state index in [1.165, 1.54) is 4.90 Å². The van der Waals surface area contributed by atoms with E-state index < -0.39 is 17.7 Å². The summed E-state index contributed by atoms with van der Waals surface area (Å²) in [6.07, 6.45) is 0. The summed E-state index contributed by atoms with van der Waals surface area (Å²) < 4.78 is 6.72. The van der Waals surface area contributed by atoms with E-state index >= 15 is 0 Å². The van der Waals surface area contributed by atoms with Gasteiger partial charge in [-0.25, -0.2) is 0 Å². The number of amides is 1. The number of halogens is 1. The molecule has 5 nitrogen and oxygen atoms in total. The van der Waals surface area contributed by atoms with Gasteiger partial charge in [0.25, 0.3) is 11.7 Å². The first-order valence-electron chi connectivity index (χ1n) is 9.89. The van der Waals surface area contributed by atoms with Crippen LogP contribution in [0.15, 0.2) is 63.0 Å². The molecule has 158 valence electrons. The second kappa shape index (κ2) is 7.85. The SMILES string of the molecule is Cc1cc(C)cc(N2C(=O)C(=O)/C(=C(\O)c3ccc(Br)c(C)c3)C2c2ccc(C)o2)c1. The highest BCUT2D eigenvalue weighted by Crippen LogP contribution is 2.43. The van der Waals surface area contributed by atoms with Gasteiger partial charge in [-0.05, 0) is 80.8 Å². The second-order valence-electron chi connectivity index (χ2n) is 7.93. The van der Waals surface area contributed by atoms with Crippen LogP contribution >= 0.6 is 15.9 Å². The number of aryl methyl sites for hydroxylation is 4. The normalized spacial score (nSPS) is 18.1. The Labute approximate surface area is 189 Å². The number of furan rings is 1. The summed E-state index contributed by atoms with van der Waals surface area (Å²) in [5.74, 6) is -0.581. The molecule has 1 saturated heterocycles. The molecule has 1 amide bonds. The molecule has 6 heteroatoms. The number of aliphatic hydroxyl groups is 1. The van der Waals surface area contributed by atoms with Gasteiger partial charge in [0.15, 0.2) is 0 Å². The Morgan fingerprint density at radius 1 is 0.968 bits per heavy atom. The third-order valence-electron chi connectivity index (χ3n) is 5.39. The largest absolute Gasteiger partial charge is 0.507 e. The predicted molar refractivity (Wildman–Crippen MR) is 123 cm³/mol. The molecular formula is C25H22BrNO4. The van der Waals surface area contributed by atoms with Gasteiger partial charge >= 0.3 is 0 Å². The standard InChI is InChI=1S/C25H22BrNO4/c1-13-9-14(2)11-18(10-13)27-22(20-8-5-16(4)31-20)21(24(29)25(27)30)23(28)17-6-7-19(26)15(3)12-17/h5-12,22,28H,1-4H3/b23-21-. The number of hydrogen-bond acceptors (Lipinski definition) is 4. The van der Waals surface area contributed by atoms with E-state index in [1.807, 2.05) is 39.0 Å². The van der Waals surface area contributed by atoms with E-state index in [2.05, 4.69) is 15.9 Å². The highest BCUT2D eigenvalue weighted by atomic mass is 79.9. The number of carbonyl (C=O) groups excluding carboxylic acids is 2. The minimum absolute atomic E-state index is 0.0141. The highest BCUT2D eigenvalue weighted by Gasteiger charge is 2.48. The van der Waals surface area contributed by atoms with Crippen LogP contribution in [0, 0.1) is 27.7 Å². The lowest BCUT2D eigenvalue weighted by Gasteiger charge is -2.24. The molecule has 1 N–H and O–H groups in total. The number of benzene rings is 2. The Morgan fingerprint density at radius 3 is 2.23 bits per heavy atom. The van der Waals surface area contributed by atoms with Gasteiger partial charge in [0.05, 0.1) is 5.57 Å². The first-order valence-corrected chi connectivity index (χ1v) is 10.7. The first kappa shape index (κ1) is 21.1. The Bertz CT molecular complexity index is 1230. The number of hydrogen-bond donors (Lipinski definition) is 1. The highest BCUT2D eigenvalue weighted by molar-refractivity contribution is 9.10. The lowest BCUT2D eigenvalue weighted by atomic mass is 9.98. The zero-order chi connectivity index (χ0) is 22.4. The number of anilines is 1. The molecule has 1 unspecified atom stereocenters. The van der Waals surface area contributed by atoms with Crippen molar-refractivity contribution in [2.75, 3.05) is 4.90 Å². The Hall–Kier alpha value is -3.12. The quantitative estimate of drug-likeness (QED) is 0.288. The monoisotopic (exact) mass is 479 g/mol. The zero-order valence-corrected chi connectivity index (χ0v) is 19.3. The van der Waals surface area contributed by atoms with E-state index in [4.69, 9.17) is 4.42 Å². The van der Waals surface area contributed by atoms with Crippen molar-refractivity contribution in [3.05, 3.63) is 92.4 Å². The van der Waals surface area contributed by atoms with E-state index in [-0.39, 0.29) is 11.3 Å². The van der Waals surface area contributed by atoms with Crippen LogP contribution in [0.5, 0.6) is 0 Å². The molecular weight excluding hydrogens is 458 g/mol. The van der Waals surface area contributed by atoms with Crippen molar-refractivity contribution in [2.24, 2.45) is 0 Å². The maximum absolute atomic E-state index is 13.2. The molecule has 31 heavy (non-hydrogen) atoms. The summed E-state index contributed by atoms with van der Waals surface area (Å²) in [4.78, 5) is 27.7. The lowest BCUT2D eigenvalue weighted by Crippen LogP contribution is -2.29. The van der Waals surface area contributed by atoms with Gasteiger partial charge in [-0.2, -0.15) is 0 Å². The van der Waals surface area contributed by atoms with Crippen molar-refractivity contribution in [3.8, 4) is 0 Å². The van der Waals surface area contributed by atoms with Gasteiger partial charge in [-0.3, -0.25) is 14.5 Å². The molecule has 0 spiro atoms. The number of aliphatic hydroxyl groups excluding tert-OH is 1. The summed E-state index contributed by atoms with van der Waals surface area (Å²) in [6.45, 7) is 7.56. The topological polar surface area (TPSA) is 70.8 Å². The maximum Gasteiger partial charge on any atom is 0.300 e. The van der Waals surface area contributed by atoms with Crippen LogP contribution < -0.4 is 4.90 Å². The molecule has 4 rings (SSSR count). The molecule has 3 aromatic rings. The Morgan fingerprint density at radius 2 is 1.65 bits per heavy atom. The molecule has 0 aliphatic carbocycles. The van der Waals surface area contributed by atoms with Gasteiger partial charge in [-0.15, -0.1) is 0 Å². The number of Topliss-reactive ketones (excluding diaryl/α,β-unsaturated/α-hetero) is 1. The molecule has 1 aromatic heterocycles. The Balaban J connectivity index is 1.96. The van der Waals surface area contributed by atoms with Crippen molar-refractivity contribution in [1.29, 1.82) is 0 Å². The van der Waals surface area contributed by atoms with Crippen molar-refractivity contribution in [2.45, 2.75) is 33.7 Å². The van der Waals surface area contributed by atoms with Crippen molar-refractivity contribution >= 4 is 39.1 Å². The van der Waals surface area contributed by atoms with Gasteiger partial charge in [-0.1, -0.05) is 28.1 Å². The number of rotatable bonds is 3. The molecule has 1 aliphatic heterocycles. The van der Waals surface area contributed by atoms with Crippen LogP contribution in [-0.2, 0) is 9.59 Å². The summed E-state index contributed by atoms with van der Waals surface area (Å²) >= 11 is 3.45. The molecule has 0 saturated carbocycles. The average Bonchev–Trinajstić information content (AvgIpc) is 3.24. The average molecular weight is 480 g/mol. The fourth-order valence-corrected chi connectivity index (χ4v) is 4.25. The minimum atomic E-state index is -0.862. The van der Waals surface area contributed by atoms with Crippen LogP contribution in [0.4, 0.5) is 5.69 Å². The molecule has 1 aliphatic rings. The van der Waals surface area contributed by atoms with Gasteiger partial charge in [0.1, 0.15) is 23.3 Å². The molecule has 0 radical (unpaired) electrons. The fourth-order valence-electron chi connectivity index (χ4n) is 4.01. The summed E-state index contributed by atoms with van der Waals surface area (Å²) in [6, 6.07) is 13.6. The zero-order valence-electron chi connectivity index (χ0n) is 17.7. The molecule has 0 bridgehead atoms. The third-order valence-corrected chi connectivity index (χ3v) is 6.28. The molecule has 2 aromatic carbocycles. The summed E-state index contributed by atoms with van der Waals surface area (Å²) in [5.41, 5.74) is 3.90. The van der Waals surface area contributed by atoms with Gasteiger partial charge in [0, 0.05) is 15.7 Å². The molecule has 1 fully saturated rings. The van der Waals surface area contributed by atoms with Gasteiger partial charge < -0.3 is 9.52 Å². The van der Waals surface area contributed by atoms with E-state index in [1.54, 1.807) is 37.3 Å². The van der Waals surface area contributed by atoms with Crippen LogP contribution in [0.3, 0.4) is 0 Å². The second-order valence-corrected chi connectivity index (χ2v) is 8.78. The van der Waals surface area contributed by atoms with Crippen molar-refractivity contribution in [1.82, 2.24) is 0 Å². The van der Waals surface area contributed by atoms with E-state index in [9.17, 15) is 14.7 Å². The van der Waals surface area contributed by atoms with Crippen molar-refractivity contribution in [3.63, 3.8) is 0 Å². The molecule has 2 heterocycles. The smallest absolute Gasteiger partial charge is 0.300 e. The van der Waals surface area contributed by atoms with Crippen LogP contribution in [-0.4, -0.2) is 16.8 Å². The number of nitrogens with zero attached hydrogens (tertiary/aromatic N) is 1. The Kier molecular flexibility index (Phi) is 5.35. The predicted octanol–water partition coefficient (Wildman–Crippen LogP) is 5.90. The van der Waals surface area contributed by atoms with E-state index in [0.717, 1.165) is 21.2 Å². The fraction of sp³-hybridized carbons (Fsp3) is 0.200. The first-order chi connectivity index (χ1) is 14.7. The molecule has 1 atom stereocenters. The minimum Gasteiger partial charge on any atom is -0.507 e. The van der Waals surface area contributed by atoms with Crippen LogP contribution in [0.1, 0.15) is 39.8 Å². The number of carbonyl (C=O) groups is 2. The van der Waals surface area contributed by atoms with Gasteiger partial charge in [0.2, 0.25) is 0 Å². The summed E-state index contributed by atoms with van der Waals surface area (Å²) in [5, 5.41) is 11.2. The third kappa shape index (κ3) is 3.72. The number of ketones is 1. The summed E-state index contributed by atoms with van der Waals surface area (Å²) in [7, 11) is 0. The lowest BCUT2D eigenvalue weighted by molar-refractivity contribution is -0.132. The van der Waals surface area contributed by atoms with Crippen molar-refractivity contribution < 1.29 is 19.1 Å². The van der Waals surface area contributed by atoms with Crippen LogP contribution in [0.2, 0.25) is 0 Å². The maximum atomic E-state index is 13.2. The van der Waals surface area contributed by atoms with E-state index in [0.29, 0.717) is 22.8 Å².